The van der Waals surface area contributed by atoms with Crippen LogP contribution in [0, 0.1) is 35.5 Å². The molecule has 0 aromatic carbocycles. The number of ketones is 2. The molecule has 308 valence electrons. The first-order valence-corrected chi connectivity index (χ1v) is 19.8. The molecule has 0 saturated carbocycles. The molecule has 0 unspecified atom stereocenters. The number of hydrogen-bond donors (Lipinski definition) is 3. The van der Waals surface area contributed by atoms with Gasteiger partial charge in [-0.3, -0.25) is 14.4 Å². The van der Waals surface area contributed by atoms with Crippen LogP contribution in [0.25, 0.3) is 0 Å². The second-order valence-electron chi connectivity index (χ2n) is 16.8. The summed E-state index contributed by atoms with van der Waals surface area (Å²) in [5, 5.41) is 32.7. The topological polar surface area (TPSA) is 192 Å². The molecule has 3 aliphatic heterocycles. The molecule has 0 aliphatic carbocycles. The van der Waals surface area contributed by atoms with Gasteiger partial charge in [-0.2, -0.15) is 0 Å². The van der Waals surface area contributed by atoms with Crippen LogP contribution in [-0.2, 0) is 47.7 Å². The summed E-state index contributed by atoms with van der Waals surface area (Å²) >= 11 is 0. The first-order valence-electron chi connectivity index (χ1n) is 19.8. The van der Waals surface area contributed by atoms with E-state index in [4.69, 9.17) is 18.9 Å². The molecule has 2 saturated heterocycles. The van der Waals surface area contributed by atoms with Crippen LogP contribution < -0.4 is 0 Å². The van der Waals surface area contributed by atoms with Crippen molar-refractivity contribution in [2.75, 3.05) is 7.11 Å². The first-order chi connectivity index (χ1) is 25.2. The largest absolute Gasteiger partial charge is 0.459 e. The summed E-state index contributed by atoms with van der Waals surface area (Å²) in [5.74, 6) is -4.07. The van der Waals surface area contributed by atoms with E-state index in [2.05, 4.69) is 25.5 Å². The minimum Gasteiger partial charge on any atom is -0.459 e. The summed E-state index contributed by atoms with van der Waals surface area (Å²) < 4.78 is 29.1. The van der Waals surface area contributed by atoms with Crippen molar-refractivity contribution >= 4 is 29.5 Å². The second-order valence-corrected chi connectivity index (χ2v) is 16.8. The molecule has 54 heavy (non-hydrogen) atoms. The van der Waals surface area contributed by atoms with Gasteiger partial charge in [0.15, 0.2) is 5.79 Å². The molecule has 0 aromatic heterocycles. The van der Waals surface area contributed by atoms with Gasteiger partial charge < -0.3 is 39.0 Å². The number of cyclic esters (lactones) is 2. The number of rotatable bonds is 20. The summed E-state index contributed by atoms with van der Waals surface area (Å²) in [5.41, 5.74) is -0.403. The van der Waals surface area contributed by atoms with E-state index >= 15 is 0 Å². The van der Waals surface area contributed by atoms with Crippen LogP contribution in [0.4, 0.5) is 0 Å². The Bertz CT molecular complexity index is 1350. The van der Waals surface area contributed by atoms with Crippen LogP contribution >= 0.6 is 0 Å². The van der Waals surface area contributed by atoms with E-state index in [0.717, 1.165) is 38.5 Å². The number of hydrogen-bond acceptors (Lipinski definition) is 13. The quantitative estimate of drug-likeness (QED) is 0.0872. The Kier molecular flexibility index (Phi) is 17.0. The van der Waals surface area contributed by atoms with Gasteiger partial charge in [-0.15, -0.1) is 0 Å². The minimum atomic E-state index is -1.63. The molecule has 3 rings (SSSR count). The van der Waals surface area contributed by atoms with Gasteiger partial charge in [0.05, 0.1) is 42.5 Å². The maximum Gasteiger partial charge on any atom is 0.345 e. The Balaban J connectivity index is 1.54. The average molecular weight is 768 g/mol. The Morgan fingerprint density at radius 2 is 1.48 bits per heavy atom. The highest BCUT2D eigenvalue weighted by Gasteiger charge is 2.48. The maximum atomic E-state index is 13.3. The zero-order valence-electron chi connectivity index (χ0n) is 34.0. The van der Waals surface area contributed by atoms with Crippen LogP contribution in [0.1, 0.15) is 127 Å². The summed E-state index contributed by atoms with van der Waals surface area (Å²) in [6, 6.07) is 0. The minimum absolute atomic E-state index is 0.00210. The predicted octanol–water partition coefficient (Wildman–Crippen LogP) is 4.79. The highest BCUT2D eigenvalue weighted by molar-refractivity contribution is 6.12. The maximum absolute atomic E-state index is 13.3. The van der Waals surface area contributed by atoms with Gasteiger partial charge in [0.1, 0.15) is 23.8 Å². The molecule has 13 nitrogen and oxygen atoms in total. The number of carbonyl (C=O) groups excluding carboxylic acids is 5. The van der Waals surface area contributed by atoms with E-state index < -0.39 is 66.6 Å². The van der Waals surface area contributed by atoms with E-state index in [-0.39, 0.29) is 65.0 Å². The van der Waals surface area contributed by atoms with Gasteiger partial charge in [-0.1, -0.05) is 48.5 Å². The highest BCUT2D eigenvalue weighted by Crippen LogP contribution is 2.45. The fourth-order valence-corrected chi connectivity index (χ4v) is 8.02. The van der Waals surface area contributed by atoms with Crippen molar-refractivity contribution in [3.8, 4) is 0 Å². The summed E-state index contributed by atoms with van der Waals surface area (Å²) in [6.45, 7) is 16.5. The Morgan fingerprint density at radius 1 is 0.852 bits per heavy atom. The molecule has 1 spiro atoms. The zero-order valence-corrected chi connectivity index (χ0v) is 34.0. The highest BCUT2D eigenvalue weighted by atomic mass is 16.7. The molecule has 2 fully saturated rings. The van der Waals surface area contributed by atoms with Gasteiger partial charge >= 0.3 is 17.9 Å². The van der Waals surface area contributed by atoms with Crippen molar-refractivity contribution in [1.29, 1.82) is 0 Å². The summed E-state index contributed by atoms with van der Waals surface area (Å²) in [4.78, 5) is 61.6. The lowest BCUT2D eigenvalue weighted by Crippen LogP contribution is -2.53. The van der Waals surface area contributed by atoms with Crippen LogP contribution in [0.3, 0.4) is 0 Å². The number of aliphatic hydroxyl groups is 3. The monoisotopic (exact) mass is 767 g/mol. The zero-order chi connectivity index (χ0) is 40.7. The molecule has 13 atom stereocenters. The molecule has 3 N–H and O–H groups in total. The molecule has 3 heterocycles. The van der Waals surface area contributed by atoms with Gasteiger partial charge in [0.25, 0.3) is 0 Å². The van der Waals surface area contributed by atoms with Crippen LogP contribution in [0.15, 0.2) is 11.1 Å². The van der Waals surface area contributed by atoms with Gasteiger partial charge in [-0.05, 0) is 76.0 Å². The van der Waals surface area contributed by atoms with E-state index in [0.29, 0.717) is 18.8 Å². The van der Waals surface area contributed by atoms with Crippen LogP contribution in [-0.4, -0.2) is 100 Å². The van der Waals surface area contributed by atoms with Crippen LogP contribution in [0.2, 0.25) is 0 Å². The number of carbonyl (C=O) groups is 5. The van der Waals surface area contributed by atoms with Crippen molar-refractivity contribution in [1.82, 2.24) is 0 Å². The van der Waals surface area contributed by atoms with Crippen LogP contribution in [0.5, 0.6) is 0 Å². The van der Waals surface area contributed by atoms with Crippen molar-refractivity contribution < 1.29 is 63.0 Å². The number of methoxy groups -OCH3 is 1. The van der Waals surface area contributed by atoms with Gasteiger partial charge in [0.2, 0.25) is 0 Å². The molecule has 0 bridgehead atoms. The molecule has 0 aromatic rings. The number of Topliss-reactive ketones (excluding diaryl/α,β-unsaturated/α-hetero) is 2. The fourth-order valence-electron chi connectivity index (χ4n) is 8.02. The number of ether oxygens (including phenoxy) is 5. The Morgan fingerprint density at radius 3 is 2.04 bits per heavy atom. The standard InChI is InChI=1S/C41H66O13/c1-21(2)36(51-34(47)20-31(45)35-27(8)39(48)52-40(35)49)38(50-10)32(46)19-30(44)26(7)29(43)13-11-24(5)37-25(6)16-18-41(54-37)17-15-23(4)33(53-41)14-12-22(3)28(9)42/h21-26,29,31-33,36-38,43,45-46H,11-20H2,1-10H3/t22-,23+,24+,25-,26-,29-,31+,32+,33-,36+,37-,38-,41+/m0/s1/i10+1. The third-order valence-electron chi connectivity index (χ3n) is 12.1. The lowest BCUT2D eigenvalue weighted by atomic mass is 9.79. The molecule has 13 heteroatoms. The first kappa shape index (κ1) is 45.8. The van der Waals surface area contributed by atoms with Gasteiger partial charge in [-0.25, -0.2) is 9.59 Å². The molecular formula is C41H66O13. The van der Waals surface area contributed by atoms with Crippen molar-refractivity contribution in [2.24, 2.45) is 35.5 Å². The lowest BCUT2D eigenvalue weighted by Gasteiger charge is -2.51. The summed E-state index contributed by atoms with van der Waals surface area (Å²) in [7, 11) is 1.32. The molecular weight excluding hydrogens is 701 g/mol. The average Bonchev–Trinajstić information content (AvgIpc) is 3.37. The lowest BCUT2D eigenvalue weighted by molar-refractivity contribution is -0.338. The Hall–Kier alpha value is -2.55. The van der Waals surface area contributed by atoms with E-state index in [1.165, 1.54) is 14.0 Å². The SMILES string of the molecule is CC(=O)[C@@H](C)CC[C@@H]1O[C@@]2(CC[C@H]1C)CC[C@H](C)[C@H]([C@H](C)CC[C@H](O)[C@H](C)C(=O)C[C@@H](O)[C@H](O[13CH3])[C@H](OC(=O)C[C@@H](O)C1=C(C)C(=O)OC1=O)C(C)C)O2. The van der Waals surface area contributed by atoms with Crippen molar-refractivity contribution in [3.63, 3.8) is 0 Å². The van der Waals surface area contributed by atoms with E-state index in [1.807, 2.05) is 6.92 Å². The van der Waals surface area contributed by atoms with E-state index in [9.17, 15) is 39.3 Å². The fraction of sp³-hybridized carbons (Fsp3) is 0.829. The number of esters is 3. The Labute approximate surface area is 320 Å². The predicted molar refractivity (Wildman–Crippen MR) is 197 cm³/mol. The molecule has 0 amide bonds. The summed E-state index contributed by atoms with van der Waals surface area (Å²) in [6.07, 6.45) is -1.03. The van der Waals surface area contributed by atoms with E-state index in [1.54, 1.807) is 27.7 Å². The number of aliphatic hydroxyl groups excluding tert-OH is 3. The van der Waals surface area contributed by atoms with Gasteiger partial charge in [0, 0.05) is 43.8 Å². The second kappa shape index (κ2) is 20.0. The van der Waals surface area contributed by atoms with Crippen molar-refractivity contribution in [3.05, 3.63) is 11.1 Å². The third-order valence-corrected chi connectivity index (χ3v) is 12.1. The molecule has 0 radical (unpaired) electrons. The normalized spacial score (nSPS) is 29.3. The third kappa shape index (κ3) is 11.7. The molecule has 3 aliphatic rings. The van der Waals surface area contributed by atoms with Crippen molar-refractivity contribution in [2.45, 2.75) is 175 Å². The smallest absolute Gasteiger partial charge is 0.345 e.